The normalized spacial score (nSPS) is 10.8. The molecule has 1 N–H and O–H groups in total. The molecule has 7 nitrogen and oxygen atoms in total. The molecule has 0 unspecified atom stereocenters. The van der Waals surface area contributed by atoms with Crippen LogP contribution in [0.3, 0.4) is 0 Å². The van der Waals surface area contributed by atoms with Gasteiger partial charge in [-0.15, -0.1) is 10.2 Å². The Balaban J connectivity index is 1.34. The lowest BCUT2D eigenvalue weighted by atomic mass is 10.3. The molecule has 28 heavy (non-hydrogen) atoms. The fourth-order valence-corrected chi connectivity index (χ4v) is 3.25. The Labute approximate surface area is 175 Å². The van der Waals surface area contributed by atoms with Crippen molar-refractivity contribution in [3.05, 3.63) is 58.3 Å². The second-order valence-corrected chi connectivity index (χ2v) is 7.40. The van der Waals surface area contributed by atoms with E-state index in [0.29, 0.717) is 58.7 Å². The molecule has 1 aromatic carbocycles. The largest absolute Gasteiger partial charge is 0.492 e. The minimum absolute atomic E-state index is 0.144. The second-order valence-electron chi connectivity index (χ2n) is 5.63. The first-order chi connectivity index (χ1) is 13.6. The summed E-state index contributed by atoms with van der Waals surface area (Å²) in [5, 5.41) is 12.0. The van der Waals surface area contributed by atoms with Crippen LogP contribution in [0.4, 0.5) is 0 Å². The molecule has 10 heteroatoms. The van der Waals surface area contributed by atoms with E-state index < -0.39 is 0 Å². The first-order valence-corrected chi connectivity index (χ1v) is 10.2. The van der Waals surface area contributed by atoms with Crippen LogP contribution < -0.4 is 10.1 Å². The van der Waals surface area contributed by atoms with E-state index in [9.17, 15) is 4.79 Å². The minimum atomic E-state index is -0.144. The van der Waals surface area contributed by atoms with Crippen molar-refractivity contribution in [1.29, 1.82) is 0 Å². The van der Waals surface area contributed by atoms with E-state index in [1.807, 2.05) is 0 Å². The topological polar surface area (TPSA) is 90.4 Å². The van der Waals surface area contributed by atoms with Gasteiger partial charge in [0, 0.05) is 11.4 Å². The number of carbonyl (C=O) groups excluding carboxylic acids is 1. The molecule has 3 aromatic rings. The van der Waals surface area contributed by atoms with Crippen molar-refractivity contribution in [3.63, 3.8) is 0 Å². The Kier molecular flexibility index (Phi) is 7.64. The highest BCUT2D eigenvalue weighted by Gasteiger charge is 2.10. The van der Waals surface area contributed by atoms with Gasteiger partial charge in [-0.1, -0.05) is 35.0 Å². The maximum Gasteiger partial charge on any atom is 0.277 e. The predicted octanol–water partition coefficient (Wildman–Crippen LogP) is 4.39. The van der Waals surface area contributed by atoms with Crippen LogP contribution in [0.2, 0.25) is 10.0 Å². The van der Waals surface area contributed by atoms with Crippen LogP contribution in [0.25, 0.3) is 0 Å². The molecule has 0 spiro atoms. The quantitative estimate of drug-likeness (QED) is 0.368. The monoisotopic (exact) mass is 441 g/mol. The number of rotatable bonds is 10. The van der Waals surface area contributed by atoms with Gasteiger partial charge in [0.05, 0.1) is 30.2 Å². The Bertz CT molecular complexity index is 902. The zero-order valence-corrected chi connectivity index (χ0v) is 17.0. The number of nitrogens with zero attached hydrogens (tertiary/aromatic N) is 2. The summed E-state index contributed by atoms with van der Waals surface area (Å²) in [5.41, 5.74) is 0. The lowest BCUT2D eigenvalue weighted by molar-refractivity contribution is -0.118. The Hall–Kier alpha value is -2.16. The number of carbonyl (C=O) groups is 1. The number of halogens is 2. The number of hydrogen-bond donors (Lipinski definition) is 1. The molecule has 0 aliphatic rings. The number of furan rings is 1. The maximum absolute atomic E-state index is 11.8. The number of aryl methyl sites for hydroxylation is 1. The van der Waals surface area contributed by atoms with Crippen LogP contribution in [-0.4, -0.2) is 28.5 Å². The fourth-order valence-electron chi connectivity index (χ4n) is 2.17. The number of nitrogens with one attached hydrogen (secondary N) is 1. The van der Waals surface area contributed by atoms with Crippen molar-refractivity contribution < 1.29 is 18.4 Å². The van der Waals surface area contributed by atoms with Crippen molar-refractivity contribution in [2.45, 2.75) is 24.6 Å². The van der Waals surface area contributed by atoms with Gasteiger partial charge >= 0.3 is 0 Å². The lowest BCUT2D eigenvalue weighted by Gasteiger charge is -2.07. The fraction of sp³-hybridized carbons (Fsp3) is 0.278. The first-order valence-electron chi connectivity index (χ1n) is 8.42. The third kappa shape index (κ3) is 6.47. The molecule has 148 valence electrons. The number of benzene rings is 1. The average Bonchev–Trinajstić information content (AvgIpc) is 3.35. The number of amides is 1. The van der Waals surface area contributed by atoms with Gasteiger partial charge in [-0.2, -0.15) is 0 Å². The third-order valence-electron chi connectivity index (χ3n) is 3.50. The number of thioether (sulfide) groups is 1. The molecular formula is C18H17Cl2N3O4S. The van der Waals surface area contributed by atoms with Crippen molar-refractivity contribution in [1.82, 2.24) is 15.5 Å². The summed E-state index contributed by atoms with van der Waals surface area (Å²) >= 11 is 13.1. The van der Waals surface area contributed by atoms with E-state index in [1.165, 1.54) is 11.8 Å². The molecule has 1 amide bonds. The summed E-state index contributed by atoms with van der Waals surface area (Å²) in [6, 6.07) is 8.64. The highest BCUT2D eigenvalue weighted by Crippen LogP contribution is 2.27. The van der Waals surface area contributed by atoms with Crippen LogP contribution in [-0.2, 0) is 17.8 Å². The van der Waals surface area contributed by atoms with E-state index >= 15 is 0 Å². The first kappa shape index (κ1) is 20.6. The molecule has 2 heterocycles. The SMILES string of the molecule is O=C(CSc1nnc(CCCOc2ccc(Cl)cc2Cl)o1)NCc1ccco1. The summed E-state index contributed by atoms with van der Waals surface area (Å²) in [5.74, 6) is 1.80. The molecule has 0 atom stereocenters. The third-order valence-corrected chi connectivity index (χ3v) is 4.85. The van der Waals surface area contributed by atoms with E-state index in [-0.39, 0.29) is 11.7 Å². The van der Waals surface area contributed by atoms with Gasteiger partial charge in [-0.25, -0.2) is 0 Å². The molecule has 0 saturated heterocycles. The zero-order chi connectivity index (χ0) is 19.8. The number of ether oxygens (including phenoxy) is 1. The molecule has 3 rings (SSSR count). The van der Waals surface area contributed by atoms with Crippen LogP contribution in [0.15, 0.2) is 50.7 Å². The van der Waals surface area contributed by atoms with Crippen molar-refractivity contribution in [2.24, 2.45) is 0 Å². The van der Waals surface area contributed by atoms with Gasteiger partial charge in [-0.05, 0) is 36.8 Å². The summed E-state index contributed by atoms with van der Waals surface area (Å²) in [4.78, 5) is 11.8. The molecule has 0 bridgehead atoms. The van der Waals surface area contributed by atoms with Crippen LogP contribution in [0.1, 0.15) is 18.1 Å². The average molecular weight is 442 g/mol. The molecule has 0 radical (unpaired) electrons. The van der Waals surface area contributed by atoms with Gasteiger partial charge < -0.3 is 18.9 Å². The van der Waals surface area contributed by atoms with Crippen molar-refractivity contribution in [3.8, 4) is 5.75 Å². The summed E-state index contributed by atoms with van der Waals surface area (Å²) in [6.45, 7) is 0.792. The molecular weight excluding hydrogens is 425 g/mol. The van der Waals surface area contributed by atoms with Crippen LogP contribution in [0, 0.1) is 0 Å². The molecule has 2 aromatic heterocycles. The van der Waals surface area contributed by atoms with E-state index in [0.717, 1.165) is 0 Å². The highest BCUT2D eigenvalue weighted by atomic mass is 35.5. The van der Waals surface area contributed by atoms with Gasteiger partial charge in [0.25, 0.3) is 5.22 Å². The van der Waals surface area contributed by atoms with Gasteiger partial charge in [0.15, 0.2) is 0 Å². The second kappa shape index (κ2) is 10.4. The van der Waals surface area contributed by atoms with Gasteiger partial charge in [0.1, 0.15) is 11.5 Å². The Morgan fingerprint density at radius 1 is 1.25 bits per heavy atom. The predicted molar refractivity (Wildman–Crippen MR) is 106 cm³/mol. The van der Waals surface area contributed by atoms with E-state index in [1.54, 1.807) is 36.6 Å². The highest BCUT2D eigenvalue weighted by molar-refractivity contribution is 7.99. The minimum Gasteiger partial charge on any atom is -0.492 e. The van der Waals surface area contributed by atoms with Crippen molar-refractivity contribution >= 4 is 40.9 Å². The molecule has 0 fully saturated rings. The molecule has 0 aliphatic carbocycles. The Morgan fingerprint density at radius 3 is 2.93 bits per heavy atom. The van der Waals surface area contributed by atoms with Gasteiger partial charge in [0.2, 0.25) is 11.8 Å². The summed E-state index contributed by atoms with van der Waals surface area (Å²) in [6.07, 6.45) is 2.80. The lowest BCUT2D eigenvalue weighted by Crippen LogP contribution is -2.24. The number of aromatic nitrogens is 2. The van der Waals surface area contributed by atoms with Crippen molar-refractivity contribution in [2.75, 3.05) is 12.4 Å². The van der Waals surface area contributed by atoms with Crippen LogP contribution >= 0.6 is 35.0 Å². The van der Waals surface area contributed by atoms with E-state index in [4.69, 9.17) is 36.8 Å². The van der Waals surface area contributed by atoms with Gasteiger partial charge in [-0.3, -0.25) is 4.79 Å². The molecule has 0 saturated carbocycles. The van der Waals surface area contributed by atoms with E-state index in [2.05, 4.69) is 15.5 Å². The summed E-state index contributed by atoms with van der Waals surface area (Å²) in [7, 11) is 0. The number of hydrogen-bond acceptors (Lipinski definition) is 7. The van der Waals surface area contributed by atoms with Crippen LogP contribution in [0.5, 0.6) is 5.75 Å². The smallest absolute Gasteiger partial charge is 0.277 e. The zero-order valence-electron chi connectivity index (χ0n) is 14.7. The maximum atomic E-state index is 11.8. The standard InChI is InChI=1S/C18H17Cl2N3O4S/c19-12-5-6-15(14(20)9-12)26-8-2-4-17-22-23-18(27-17)28-11-16(24)21-10-13-3-1-7-25-13/h1,3,5-7,9H,2,4,8,10-11H2,(H,21,24). The Morgan fingerprint density at radius 2 is 2.14 bits per heavy atom. The molecule has 0 aliphatic heterocycles. The summed E-state index contributed by atoms with van der Waals surface area (Å²) < 4.78 is 16.3.